The second-order valence-electron chi connectivity index (χ2n) is 6.16. The van der Waals surface area contributed by atoms with Crippen LogP contribution in [-0.2, 0) is 4.74 Å². The van der Waals surface area contributed by atoms with Gasteiger partial charge in [-0.15, -0.1) is 0 Å². The third-order valence-electron chi connectivity index (χ3n) is 4.69. The molecule has 0 aliphatic carbocycles. The Morgan fingerprint density at radius 1 is 1.33 bits per heavy atom. The first kappa shape index (κ1) is 17.4. The van der Waals surface area contributed by atoms with Gasteiger partial charge in [-0.25, -0.2) is 4.79 Å². The molecular weight excluding hydrogens is 326 g/mol. The molecular formula is C17H25N3O3S. The SMILES string of the molecule is COc1ccc(NC(=O)NC[C@@]2(N3CCOCC3)CCSC2)cc1. The third-order valence-corrected chi connectivity index (χ3v) is 5.92. The highest BCUT2D eigenvalue weighted by atomic mass is 32.2. The number of urea groups is 1. The van der Waals surface area contributed by atoms with Crippen LogP contribution in [0.4, 0.5) is 10.5 Å². The average Bonchev–Trinajstić information content (AvgIpc) is 3.12. The number of benzene rings is 1. The van der Waals surface area contributed by atoms with Crippen LogP contribution in [0, 0.1) is 0 Å². The monoisotopic (exact) mass is 351 g/mol. The van der Waals surface area contributed by atoms with E-state index in [0.717, 1.165) is 55.7 Å². The van der Waals surface area contributed by atoms with Gasteiger partial charge in [0.05, 0.1) is 20.3 Å². The van der Waals surface area contributed by atoms with Gasteiger partial charge in [-0.2, -0.15) is 11.8 Å². The Hall–Kier alpha value is -1.44. The molecule has 2 aliphatic heterocycles. The minimum atomic E-state index is -0.162. The molecule has 1 aromatic carbocycles. The van der Waals surface area contributed by atoms with Crippen molar-refractivity contribution in [3.8, 4) is 5.75 Å². The molecule has 3 rings (SSSR count). The van der Waals surface area contributed by atoms with Crippen molar-refractivity contribution in [2.45, 2.75) is 12.0 Å². The molecule has 2 saturated heterocycles. The first-order chi connectivity index (χ1) is 11.7. The summed E-state index contributed by atoms with van der Waals surface area (Å²) in [6, 6.07) is 7.17. The van der Waals surface area contributed by atoms with Gasteiger partial charge >= 0.3 is 6.03 Å². The van der Waals surface area contributed by atoms with Gasteiger partial charge in [-0.3, -0.25) is 4.90 Å². The number of methoxy groups -OCH3 is 1. The van der Waals surface area contributed by atoms with Gasteiger partial charge in [0.15, 0.2) is 0 Å². The van der Waals surface area contributed by atoms with Crippen LogP contribution in [-0.4, -0.2) is 67.9 Å². The summed E-state index contributed by atoms with van der Waals surface area (Å²) in [5, 5.41) is 5.94. The number of carbonyl (C=O) groups is 1. The third kappa shape index (κ3) is 4.15. The number of hydrogen-bond acceptors (Lipinski definition) is 5. The molecule has 2 heterocycles. The number of rotatable bonds is 5. The number of nitrogens with one attached hydrogen (secondary N) is 2. The molecule has 6 nitrogen and oxygen atoms in total. The number of anilines is 1. The molecule has 2 amide bonds. The van der Waals surface area contributed by atoms with Gasteiger partial charge in [0.25, 0.3) is 0 Å². The molecule has 0 unspecified atom stereocenters. The van der Waals surface area contributed by atoms with Crippen molar-refractivity contribution in [1.82, 2.24) is 10.2 Å². The van der Waals surface area contributed by atoms with Gasteiger partial charge in [0.1, 0.15) is 5.75 Å². The van der Waals surface area contributed by atoms with Crippen LogP contribution in [0.25, 0.3) is 0 Å². The Bertz CT molecular complexity index is 541. The second kappa shape index (κ2) is 8.09. The number of hydrogen-bond donors (Lipinski definition) is 2. The highest BCUT2D eigenvalue weighted by Gasteiger charge is 2.40. The lowest BCUT2D eigenvalue weighted by Gasteiger charge is -2.43. The molecule has 2 N–H and O–H groups in total. The van der Waals surface area contributed by atoms with Crippen LogP contribution in [0.1, 0.15) is 6.42 Å². The van der Waals surface area contributed by atoms with Crippen LogP contribution in [0.2, 0.25) is 0 Å². The van der Waals surface area contributed by atoms with Crippen molar-refractivity contribution in [3.63, 3.8) is 0 Å². The van der Waals surface area contributed by atoms with Crippen molar-refractivity contribution < 1.29 is 14.3 Å². The van der Waals surface area contributed by atoms with Crippen molar-refractivity contribution in [3.05, 3.63) is 24.3 Å². The van der Waals surface area contributed by atoms with Crippen LogP contribution >= 0.6 is 11.8 Å². The van der Waals surface area contributed by atoms with Crippen LogP contribution in [0.3, 0.4) is 0 Å². The number of carbonyl (C=O) groups excluding carboxylic acids is 1. The van der Waals surface area contributed by atoms with Gasteiger partial charge in [-0.05, 0) is 36.4 Å². The van der Waals surface area contributed by atoms with Crippen molar-refractivity contribution in [1.29, 1.82) is 0 Å². The topological polar surface area (TPSA) is 62.8 Å². The maximum absolute atomic E-state index is 12.2. The van der Waals surface area contributed by atoms with E-state index in [1.54, 1.807) is 7.11 Å². The zero-order valence-electron chi connectivity index (χ0n) is 14.0. The molecule has 0 bridgehead atoms. The summed E-state index contributed by atoms with van der Waals surface area (Å²) >= 11 is 1.97. The number of ether oxygens (including phenoxy) is 2. The van der Waals surface area contributed by atoms with Crippen molar-refractivity contribution in [2.75, 3.05) is 56.8 Å². The van der Waals surface area contributed by atoms with Crippen LogP contribution in [0.5, 0.6) is 5.75 Å². The minimum Gasteiger partial charge on any atom is -0.497 e. The minimum absolute atomic E-state index is 0.0612. The summed E-state index contributed by atoms with van der Waals surface area (Å²) in [5.41, 5.74) is 0.820. The molecule has 2 fully saturated rings. The lowest BCUT2D eigenvalue weighted by molar-refractivity contribution is -0.0123. The standard InChI is InChI=1S/C17H25N3O3S/c1-22-15-4-2-14(3-5-15)19-16(21)18-12-17(6-11-24-13-17)20-7-9-23-10-8-20/h2-5H,6-13H2,1H3,(H2,18,19,21)/t17-/m0/s1. The molecule has 1 atom stereocenters. The first-order valence-corrected chi connectivity index (χ1v) is 9.47. The maximum Gasteiger partial charge on any atom is 0.319 e. The Balaban J connectivity index is 1.54. The molecule has 132 valence electrons. The van der Waals surface area contributed by atoms with E-state index in [0.29, 0.717) is 6.54 Å². The average molecular weight is 351 g/mol. The predicted molar refractivity (Wildman–Crippen MR) is 97.1 cm³/mol. The second-order valence-corrected chi connectivity index (χ2v) is 7.27. The van der Waals surface area contributed by atoms with Crippen molar-refractivity contribution >= 4 is 23.5 Å². The normalized spacial score (nSPS) is 24.5. The van der Waals surface area contributed by atoms with Crippen LogP contribution in [0.15, 0.2) is 24.3 Å². The van der Waals surface area contributed by atoms with E-state index in [9.17, 15) is 4.79 Å². The lowest BCUT2D eigenvalue weighted by Crippen LogP contribution is -2.59. The fourth-order valence-corrected chi connectivity index (χ4v) is 4.71. The summed E-state index contributed by atoms with van der Waals surface area (Å²) in [4.78, 5) is 14.7. The predicted octanol–water partition coefficient (Wildman–Crippen LogP) is 2.02. The molecule has 24 heavy (non-hydrogen) atoms. The highest BCUT2D eigenvalue weighted by molar-refractivity contribution is 7.99. The van der Waals surface area contributed by atoms with E-state index in [2.05, 4.69) is 15.5 Å². The van der Waals surface area contributed by atoms with E-state index < -0.39 is 0 Å². The fraction of sp³-hybridized carbons (Fsp3) is 0.588. The Kier molecular flexibility index (Phi) is 5.86. The number of nitrogens with zero attached hydrogens (tertiary/aromatic N) is 1. The maximum atomic E-state index is 12.2. The molecule has 7 heteroatoms. The molecule has 0 aromatic heterocycles. The lowest BCUT2D eigenvalue weighted by atomic mass is 9.95. The Morgan fingerprint density at radius 2 is 2.08 bits per heavy atom. The zero-order valence-corrected chi connectivity index (χ0v) is 14.9. The van der Waals surface area contributed by atoms with Gasteiger partial charge in [-0.1, -0.05) is 0 Å². The van der Waals surface area contributed by atoms with Crippen LogP contribution < -0.4 is 15.4 Å². The fourth-order valence-electron chi connectivity index (χ4n) is 3.23. The summed E-state index contributed by atoms with van der Waals surface area (Å²) in [5.74, 6) is 2.99. The molecule has 2 aliphatic rings. The highest BCUT2D eigenvalue weighted by Crippen LogP contribution is 2.33. The molecule has 0 spiro atoms. The Morgan fingerprint density at radius 3 is 2.71 bits per heavy atom. The molecule has 0 radical (unpaired) electrons. The van der Waals surface area contributed by atoms with Gasteiger partial charge in [0, 0.05) is 36.6 Å². The molecule has 1 aromatic rings. The Labute approximate surface area is 147 Å². The van der Waals surface area contributed by atoms with E-state index in [1.807, 2.05) is 36.0 Å². The summed E-state index contributed by atoms with van der Waals surface area (Å²) < 4.78 is 10.6. The number of morpholine rings is 1. The van der Waals surface area contributed by atoms with E-state index in [1.165, 1.54) is 0 Å². The largest absolute Gasteiger partial charge is 0.497 e. The summed E-state index contributed by atoms with van der Waals surface area (Å²) in [6.45, 7) is 4.13. The summed E-state index contributed by atoms with van der Waals surface area (Å²) in [6.07, 6.45) is 1.11. The van der Waals surface area contributed by atoms with E-state index in [4.69, 9.17) is 9.47 Å². The van der Waals surface area contributed by atoms with E-state index in [-0.39, 0.29) is 11.6 Å². The molecule has 0 saturated carbocycles. The van der Waals surface area contributed by atoms with E-state index >= 15 is 0 Å². The van der Waals surface area contributed by atoms with Gasteiger partial charge in [0.2, 0.25) is 0 Å². The number of thioether (sulfide) groups is 1. The first-order valence-electron chi connectivity index (χ1n) is 8.31. The zero-order chi connectivity index (χ0) is 16.8. The summed E-state index contributed by atoms with van der Waals surface area (Å²) in [7, 11) is 1.62. The van der Waals surface area contributed by atoms with Gasteiger partial charge < -0.3 is 20.1 Å². The smallest absolute Gasteiger partial charge is 0.319 e. The quantitative estimate of drug-likeness (QED) is 0.850. The number of amides is 2. The van der Waals surface area contributed by atoms with Crippen molar-refractivity contribution in [2.24, 2.45) is 0 Å².